The minimum Gasteiger partial charge on any atom is -0.456 e. The van der Waals surface area contributed by atoms with Gasteiger partial charge in [-0.15, -0.1) is 0 Å². The summed E-state index contributed by atoms with van der Waals surface area (Å²) in [5.41, 5.74) is 16.3. The summed E-state index contributed by atoms with van der Waals surface area (Å²) in [6, 6.07) is 88.7. The van der Waals surface area contributed by atoms with E-state index in [1.165, 1.54) is 32.9 Å². The number of furan rings is 1. The summed E-state index contributed by atoms with van der Waals surface area (Å²) in [7, 11) is 0. The average Bonchev–Trinajstić information content (AvgIpc) is 3.90. The Morgan fingerprint density at radius 1 is 0.266 bits per heavy atom. The van der Waals surface area contributed by atoms with Gasteiger partial charge in [-0.25, -0.2) is 0 Å². The molecular formula is C60H41N3O. The van der Waals surface area contributed by atoms with Gasteiger partial charge in [-0.2, -0.15) is 0 Å². The zero-order chi connectivity index (χ0) is 42.4. The second kappa shape index (κ2) is 15.7. The third-order valence-corrected chi connectivity index (χ3v) is 12.3. The Labute approximate surface area is 371 Å². The number of fused-ring (bicyclic) bond motifs is 6. The highest BCUT2D eigenvalue weighted by atomic mass is 16.3. The number of para-hydroxylation sites is 4. The van der Waals surface area contributed by atoms with Gasteiger partial charge in [-0.05, 0) is 131 Å². The van der Waals surface area contributed by atoms with Gasteiger partial charge in [-0.1, -0.05) is 140 Å². The molecular weight excluding hydrogens is 779 g/mol. The van der Waals surface area contributed by atoms with E-state index in [1.807, 2.05) is 0 Å². The average molecular weight is 820 g/mol. The summed E-state index contributed by atoms with van der Waals surface area (Å²) in [5.74, 6) is 0. The molecule has 302 valence electrons. The van der Waals surface area contributed by atoms with Crippen molar-refractivity contribution in [1.29, 1.82) is 0 Å². The molecule has 0 fully saturated rings. The van der Waals surface area contributed by atoms with Crippen LogP contribution in [0.4, 0.5) is 34.1 Å². The van der Waals surface area contributed by atoms with Gasteiger partial charge < -0.3 is 18.8 Å². The summed E-state index contributed by atoms with van der Waals surface area (Å²) >= 11 is 0. The second-order valence-electron chi connectivity index (χ2n) is 16.2. The maximum atomic E-state index is 6.53. The van der Waals surface area contributed by atoms with E-state index in [0.717, 1.165) is 72.9 Å². The number of benzene rings is 10. The van der Waals surface area contributed by atoms with Crippen molar-refractivity contribution in [3.05, 3.63) is 249 Å². The first-order valence-electron chi connectivity index (χ1n) is 21.7. The Balaban J connectivity index is 0.964. The van der Waals surface area contributed by atoms with Crippen LogP contribution < -0.4 is 9.80 Å². The molecule has 0 aliphatic rings. The molecule has 64 heavy (non-hydrogen) atoms. The Kier molecular flexibility index (Phi) is 9.12. The van der Waals surface area contributed by atoms with Crippen LogP contribution in [-0.2, 0) is 0 Å². The Morgan fingerprint density at radius 3 is 1.42 bits per heavy atom. The van der Waals surface area contributed by atoms with Crippen molar-refractivity contribution in [2.45, 2.75) is 0 Å². The molecule has 0 aliphatic heterocycles. The fourth-order valence-electron chi connectivity index (χ4n) is 9.34. The van der Waals surface area contributed by atoms with Gasteiger partial charge in [0, 0.05) is 61.4 Å². The van der Waals surface area contributed by atoms with Crippen molar-refractivity contribution < 1.29 is 4.42 Å². The zero-order valence-electron chi connectivity index (χ0n) is 34.9. The molecule has 0 N–H and O–H groups in total. The molecule has 12 rings (SSSR count). The van der Waals surface area contributed by atoms with Crippen molar-refractivity contribution >= 4 is 77.9 Å². The third kappa shape index (κ3) is 6.57. The van der Waals surface area contributed by atoms with E-state index in [-0.39, 0.29) is 0 Å². The smallest absolute Gasteiger partial charge is 0.135 e. The van der Waals surface area contributed by atoms with Gasteiger partial charge in [0.2, 0.25) is 0 Å². The molecule has 0 amide bonds. The summed E-state index contributed by atoms with van der Waals surface area (Å²) in [5, 5.41) is 4.63. The number of rotatable bonds is 9. The standard InChI is InChI=1S/C60H41N3O/c1-5-16-42(17-6-1)43-28-32-49(33-29-43)61(46-18-7-2-8-19-46)50-24-15-25-51(40-50)62(47-20-9-3-10-21-47)52-34-37-60-56(41-52)55-38-44(31-36-59(55)64-60)45-30-35-54-53-26-13-14-27-57(53)63(58(54)39-45)48-22-11-4-12-23-48/h1-41H. The quantitative estimate of drug-likeness (QED) is 0.145. The maximum Gasteiger partial charge on any atom is 0.135 e. The molecule has 0 radical (unpaired) electrons. The van der Waals surface area contributed by atoms with Gasteiger partial charge in [0.05, 0.1) is 11.0 Å². The molecule has 2 aromatic heterocycles. The normalized spacial score (nSPS) is 11.4. The summed E-state index contributed by atoms with van der Waals surface area (Å²) in [6.07, 6.45) is 0. The van der Waals surface area contributed by atoms with Crippen LogP contribution >= 0.6 is 0 Å². The number of hydrogen-bond donors (Lipinski definition) is 0. The maximum absolute atomic E-state index is 6.53. The van der Waals surface area contributed by atoms with Gasteiger partial charge in [0.1, 0.15) is 11.2 Å². The minimum absolute atomic E-state index is 0.853. The molecule has 0 saturated heterocycles. The first-order chi connectivity index (χ1) is 31.7. The molecule has 0 spiro atoms. The highest BCUT2D eigenvalue weighted by molar-refractivity contribution is 6.11. The van der Waals surface area contributed by atoms with E-state index in [4.69, 9.17) is 4.42 Å². The predicted molar refractivity (Wildman–Crippen MR) is 268 cm³/mol. The topological polar surface area (TPSA) is 24.6 Å². The number of aromatic nitrogens is 1. The monoisotopic (exact) mass is 819 g/mol. The fourth-order valence-corrected chi connectivity index (χ4v) is 9.34. The van der Waals surface area contributed by atoms with E-state index in [1.54, 1.807) is 0 Å². The van der Waals surface area contributed by atoms with Crippen molar-refractivity contribution in [1.82, 2.24) is 4.57 Å². The summed E-state index contributed by atoms with van der Waals surface area (Å²) < 4.78 is 8.91. The molecule has 12 aromatic rings. The molecule has 0 bridgehead atoms. The third-order valence-electron chi connectivity index (χ3n) is 12.3. The van der Waals surface area contributed by atoms with E-state index in [0.29, 0.717) is 0 Å². The number of nitrogens with zero attached hydrogens (tertiary/aromatic N) is 3. The molecule has 0 atom stereocenters. The highest BCUT2D eigenvalue weighted by Gasteiger charge is 2.20. The molecule has 2 heterocycles. The second-order valence-corrected chi connectivity index (χ2v) is 16.2. The highest BCUT2D eigenvalue weighted by Crippen LogP contribution is 2.43. The van der Waals surface area contributed by atoms with Crippen LogP contribution in [0.1, 0.15) is 0 Å². The predicted octanol–water partition coefficient (Wildman–Crippen LogP) is 17.0. The van der Waals surface area contributed by atoms with Gasteiger partial charge >= 0.3 is 0 Å². The first-order valence-corrected chi connectivity index (χ1v) is 21.7. The molecule has 4 heteroatoms. The lowest BCUT2D eigenvalue weighted by atomic mass is 10.0. The van der Waals surface area contributed by atoms with Crippen molar-refractivity contribution in [3.63, 3.8) is 0 Å². The summed E-state index contributed by atoms with van der Waals surface area (Å²) in [4.78, 5) is 4.66. The van der Waals surface area contributed by atoms with Crippen molar-refractivity contribution in [2.75, 3.05) is 9.80 Å². The van der Waals surface area contributed by atoms with Crippen LogP contribution in [0.3, 0.4) is 0 Å². The van der Waals surface area contributed by atoms with Crippen LogP contribution in [0.15, 0.2) is 253 Å². The fraction of sp³-hybridized carbons (Fsp3) is 0. The van der Waals surface area contributed by atoms with Crippen molar-refractivity contribution in [2.24, 2.45) is 0 Å². The van der Waals surface area contributed by atoms with Gasteiger partial charge in [0.15, 0.2) is 0 Å². The van der Waals surface area contributed by atoms with Crippen molar-refractivity contribution in [3.8, 4) is 27.9 Å². The first kappa shape index (κ1) is 37.2. The molecule has 0 unspecified atom stereocenters. The van der Waals surface area contributed by atoms with Crippen LogP contribution in [0.5, 0.6) is 0 Å². The minimum atomic E-state index is 0.853. The molecule has 4 nitrogen and oxygen atoms in total. The lowest BCUT2D eigenvalue weighted by Crippen LogP contribution is -2.13. The van der Waals surface area contributed by atoms with Crippen LogP contribution in [0.2, 0.25) is 0 Å². The van der Waals surface area contributed by atoms with Crippen LogP contribution in [-0.4, -0.2) is 4.57 Å². The Hall–Kier alpha value is -8.60. The van der Waals surface area contributed by atoms with Gasteiger partial charge in [0.25, 0.3) is 0 Å². The van der Waals surface area contributed by atoms with Crippen LogP contribution in [0.25, 0.3) is 71.7 Å². The molecule has 10 aromatic carbocycles. The SMILES string of the molecule is c1ccc(-c2ccc(N(c3ccccc3)c3cccc(N(c4ccccc4)c4ccc5oc6ccc(-c7ccc8c9ccccc9n(-c9ccccc9)c8c7)cc6c5c4)c3)cc2)cc1. The Morgan fingerprint density at radius 2 is 0.719 bits per heavy atom. The van der Waals surface area contributed by atoms with Crippen LogP contribution in [0, 0.1) is 0 Å². The van der Waals surface area contributed by atoms with E-state index in [9.17, 15) is 0 Å². The lowest BCUT2D eigenvalue weighted by molar-refractivity contribution is 0.669. The number of hydrogen-bond acceptors (Lipinski definition) is 3. The molecule has 0 aliphatic carbocycles. The molecule has 0 saturated carbocycles. The largest absolute Gasteiger partial charge is 0.456 e. The van der Waals surface area contributed by atoms with E-state index in [2.05, 4.69) is 263 Å². The van der Waals surface area contributed by atoms with Gasteiger partial charge in [-0.3, -0.25) is 0 Å². The number of anilines is 6. The van der Waals surface area contributed by atoms with E-state index >= 15 is 0 Å². The lowest BCUT2D eigenvalue weighted by Gasteiger charge is -2.29. The van der Waals surface area contributed by atoms with E-state index < -0.39 is 0 Å². The Bertz CT molecular complexity index is 3600. The zero-order valence-corrected chi connectivity index (χ0v) is 34.9. The summed E-state index contributed by atoms with van der Waals surface area (Å²) in [6.45, 7) is 0.